The van der Waals surface area contributed by atoms with Gasteiger partial charge in [0, 0.05) is 26.6 Å². The van der Waals surface area contributed by atoms with Crippen molar-refractivity contribution in [2.24, 2.45) is 0 Å². The van der Waals surface area contributed by atoms with Gasteiger partial charge in [0.1, 0.15) is 12.2 Å². The Morgan fingerprint density at radius 2 is 1.90 bits per heavy atom. The van der Waals surface area contributed by atoms with E-state index in [0.717, 1.165) is 19.3 Å². The van der Waals surface area contributed by atoms with Crippen LogP contribution in [0.2, 0.25) is 0 Å². The highest BCUT2D eigenvalue weighted by molar-refractivity contribution is 5.80. The predicted octanol–water partition coefficient (Wildman–Crippen LogP) is 0.354. The normalized spacial score (nSPS) is 21.7. The van der Waals surface area contributed by atoms with Crippen LogP contribution in [0.3, 0.4) is 0 Å². The molecule has 1 aliphatic heterocycles. The molecule has 29 heavy (non-hydrogen) atoms. The van der Waals surface area contributed by atoms with Crippen LogP contribution in [-0.2, 0) is 22.6 Å². The van der Waals surface area contributed by atoms with E-state index in [2.05, 4.69) is 10.3 Å². The number of carbonyl (C=O) groups excluding carboxylic acids is 1. The van der Waals surface area contributed by atoms with E-state index >= 15 is 0 Å². The van der Waals surface area contributed by atoms with Crippen molar-refractivity contribution in [3.8, 4) is 0 Å². The van der Waals surface area contributed by atoms with Crippen molar-refractivity contribution < 1.29 is 14.6 Å². The number of aryl methyl sites for hydroxylation is 1. The summed E-state index contributed by atoms with van der Waals surface area (Å²) in [5, 5.41) is 13.0. The van der Waals surface area contributed by atoms with E-state index in [-0.39, 0.29) is 29.2 Å². The van der Waals surface area contributed by atoms with Gasteiger partial charge in [0.2, 0.25) is 5.91 Å². The maximum absolute atomic E-state index is 13.2. The quantitative estimate of drug-likeness (QED) is 0.652. The number of imidazole rings is 1. The molecule has 1 saturated heterocycles. The highest BCUT2D eigenvalue weighted by Gasteiger charge is 2.40. The zero-order valence-corrected chi connectivity index (χ0v) is 17.1. The Balaban J connectivity index is 2.14. The number of nitrogens with one attached hydrogen (secondary N) is 1. The van der Waals surface area contributed by atoms with Crippen molar-refractivity contribution in [3.63, 3.8) is 0 Å². The molecule has 0 aliphatic carbocycles. The molecule has 0 radical (unpaired) electrons. The lowest BCUT2D eigenvalue weighted by molar-refractivity contribution is -0.134. The van der Waals surface area contributed by atoms with E-state index in [0.29, 0.717) is 19.5 Å². The molecule has 0 aromatic carbocycles. The minimum atomic E-state index is -0.978. The van der Waals surface area contributed by atoms with Gasteiger partial charge in [-0.1, -0.05) is 26.7 Å². The Morgan fingerprint density at radius 3 is 2.52 bits per heavy atom. The van der Waals surface area contributed by atoms with Gasteiger partial charge < -0.3 is 15.2 Å². The Kier molecular flexibility index (Phi) is 6.53. The average Bonchev–Trinajstić information content (AvgIpc) is 3.31. The number of rotatable bonds is 8. The topological polar surface area (TPSA) is 120 Å². The largest absolute Gasteiger partial charge is 0.388 e. The fourth-order valence-corrected chi connectivity index (χ4v) is 3.66. The van der Waals surface area contributed by atoms with Gasteiger partial charge in [0.25, 0.3) is 5.56 Å². The maximum Gasteiger partial charge on any atom is 0.332 e. The molecule has 3 heterocycles. The highest BCUT2D eigenvalue weighted by atomic mass is 16.5. The third kappa shape index (κ3) is 3.86. The second-order valence-corrected chi connectivity index (χ2v) is 7.35. The van der Waals surface area contributed by atoms with Crippen molar-refractivity contribution >= 4 is 17.1 Å². The smallest absolute Gasteiger partial charge is 0.332 e. The summed E-state index contributed by atoms with van der Waals surface area (Å²) in [4.78, 5) is 42.3. The fraction of sp³-hybridized carbons (Fsp3) is 0.684. The van der Waals surface area contributed by atoms with E-state index < -0.39 is 24.0 Å². The van der Waals surface area contributed by atoms with Crippen LogP contribution in [0.15, 0.2) is 15.9 Å². The first-order valence-corrected chi connectivity index (χ1v) is 10.2. The lowest BCUT2D eigenvalue weighted by atomic mass is 10.2. The molecule has 2 N–H and O–H groups in total. The van der Waals surface area contributed by atoms with Crippen LogP contribution in [-0.4, -0.2) is 49.0 Å². The summed E-state index contributed by atoms with van der Waals surface area (Å²) in [6.07, 6.45) is 2.00. The molecule has 10 heteroatoms. The first-order chi connectivity index (χ1) is 13.9. The van der Waals surface area contributed by atoms with Crippen molar-refractivity contribution in [2.75, 3.05) is 7.05 Å². The van der Waals surface area contributed by atoms with Crippen LogP contribution in [0.25, 0.3) is 11.2 Å². The number of hydrogen-bond donors (Lipinski definition) is 2. The van der Waals surface area contributed by atoms with Crippen molar-refractivity contribution in [1.82, 2.24) is 24.0 Å². The number of fused-ring (bicyclic) bond motifs is 1. The molecule has 0 unspecified atom stereocenters. The van der Waals surface area contributed by atoms with Gasteiger partial charge in [-0.2, -0.15) is 0 Å². The summed E-state index contributed by atoms with van der Waals surface area (Å²) in [5.41, 5.74) is -0.340. The van der Waals surface area contributed by atoms with Crippen molar-refractivity contribution in [1.29, 1.82) is 0 Å². The number of nitrogens with zero attached hydrogens (tertiary/aromatic N) is 4. The Bertz CT molecular complexity index is 991. The first-order valence-electron chi connectivity index (χ1n) is 10.2. The van der Waals surface area contributed by atoms with E-state index in [1.165, 1.54) is 27.1 Å². The molecule has 1 aliphatic rings. The second kappa shape index (κ2) is 8.91. The zero-order chi connectivity index (χ0) is 21.1. The number of aliphatic hydroxyl groups is 1. The van der Waals surface area contributed by atoms with E-state index in [1.807, 2.05) is 13.8 Å². The Hall–Kier alpha value is -2.46. The molecule has 0 bridgehead atoms. The minimum Gasteiger partial charge on any atom is -0.388 e. The van der Waals surface area contributed by atoms with Crippen molar-refractivity contribution in [3.05, 3.63) is 27.2 Å². The minimum absolute atomic E-state index is 0.115. The molecule has 3 atom stereocenters. The summed E-state index contributed by atoms with van der Waals surface area (Å²) in [6.45, 7) is 4.78. The van der Waals surface area contributed by atoms with Crippen LogP contribution in [0, 0.1) is 0 Å². The van der Waals surface area contributed by atoms with Gasteiger partial charge >= 0.3 is 5.69 Å². The Labute approximate surface area is 168 Å². The molecular formula is C19H29N5O5. The number of amides is 1. The molecule has 160 valence electrons. The Morgan fingerprint density at radius 1 is 1.24 bits per heavy atom. The lowest BCUT2D eigenvalue weighted by Crippen LogP contribution is -2.41. The summed E-state index contributed by atoms with van der Waals surface area (Å²) < 4.78 is 9.94. The number of aromatic nitrogens is 4. The lowest BCUT2D eigenvalue weighted by Gasteiger charge is -2.18. The van der Waals surface area contributed by atoms with Crippen LogP contribution in [0.1, 0.15) is 52.2 Å². The third-order valence-corrected chi connectivity index (χ3v) is 5.31. The van der Waals surface area contributed by atoms with E-state index in [9.17, 15) is 19.5 Å². The van der Waals surface area contributed by atoms with E-state index in [4.69, 9.17) is 4.74 Å². The molecule has 0 spiro atoms. The maximum atomic E-state index is 13.2. The van der Waals surface area contributed by atoms with Crippen molar-refractivity contribution in [2.45, 2.75) is 77.5 Å². The summed E-state index contributed by atoms with van der Waals surface area (Å²) >= 11 is 0. The highest BCUT2D eigenvalue weighted by Crippen LogP contribution is 2.30. The summed E-state index contributed by atoms with van der Waals surface area (Å²) in [5.74, 6) is -0.337. The van der Waals surface area contributed by atoms with Gasteiger partial charge in [-0.05, 0) is 12.8 Å². The molecular weight excluding hydrogens is 378 g/mol. The number of aliphatic hydroxyl groups excluding tert-OH is 1. The van der Waals surface area contributed by atoms with Gasteiger partial charge in [0.15, 0.2) is 17.4 Å². The number of hydrogen-bond acceptors (Lipinski definition) is 6. The molecule has 3 rings (SSSR count). The second-order valence-electron chi connectivity index (χ2n) is 7.35. The standard InChI is InChI=1S/C19H29N5O5/c1-4-6-8-22-15-14(17(27)23(19(22)28)9-7-5-2)24(11-21-15)18-12(25)10-13(29-18)16(26)20-3/h11-13,18,25H,4-10H2,1-3H3,(H,20,26)/t12-,13+,18-/m1/s1. The number of likely N-dealkylation sites (N-methyl/N-ethyl adjacent to an activating group) is 1. The van der Waals surface area contributed by atoms with Crippen LogP contribution < -0.4 is 16.6 Å². The van der Waals surface area contributed by atoms with Gasteiger partial charge in [0.05, 0.1) is 6.33 Å². The SMILES string of the molecule is CCCCn1c(=O)c2c(ncn2[C@@H]2O[C@H](C(=O)NC)C[C@H]2O)n(CCCC)c1=O. The first kappa shape index (κ1) is 21.3. The molecule has 10 nitrogen and oxygen atoms in total. The summed E-state index contributed by atoms with van der Waals surface area (Å²) in [7, 11) is 1.50. The summed E-state index contributed by atoms with van der Waals surface area (Å²) in [6, 6.07) is 0. The monoisotopic (exact) mass is 407 g/mol. The predicted molar refractivity (Wildman–Crippen MR) is 107 cm³/mol. The van der Waals surface area contributed by atoms with Crippen LogP contribution >= 0.6 is 0 Å². The van der Waals surface area contributed by atoms with E-state index in [1.54, 1.807) is 0 Å². The number of carbonyl (C=O) groups is 1. The third-order valence-electron chi connectivity index (χ3n) is 5.31. The zero-order valence-electron chi connectivity index (χ0n) is 17.1. The van der Waals surface area contributed by atoms with Gasteiger partial charge in [-0.25, -0.2) is 9.78 Å². The van der Waals surface area contributed by atoms with Crippen LogP contribution in [0.5, 0.6) is 0 Å². The number of unbranched alkanes of at least 4 members (excludes halogenated alkanes) is 2. The molecule has 2 aromatic rings. The average molecular weight is 407 g/mol. The fourth-order valence-electron chi connectivity index (χ4n) is 3.66. The molecule has 2 aromatic heterocycles. The molecule has 1 amide bonds. The number of ether oxygens (including phenoxy) is 1. The van der Waals surface area contributed by atoms with Gasteiger partial charge in [-0.15, -0.1) is 0 Å². The molecule has 0 saturated carbocycles. The molecule has 1 fully saturated rings. The van der Waals surface area contributed by atoms with Gasteiger partial charge in [-0.3, -0.25) is 23.3 Å². The van der Waals surface area contributed by atoms with Crippen LogP contribution in [0.4, 0.5) is 0 Å².